The third-order valence-electron chi connectivity index (χ3n) is 4.43. The number of hydrogen-bond donors (Lipinski definition) is 0. The van der Waals surface area contributed by atoms with E-state index in [9.17, 15) is 4.79 Å². The monoisotopic (exact) mass is 221 g/mol. The van der Waals surface area contributed by atoms with Gasteiger partial charge < -0.3 is 9.64 Å². The number of likely N-dealkylation sites (tertiary alicyclic amines) is 1. The van der Waals surface area contributed by atoms with Crippen molar-refractivity contribution in [2.24, 2.45) is 0 Å². The lowest BCUT2D eigenvalue weighted by molar-refractivity contribution is -0.132. The average molecular weight is 221 g/mol. The van der Waals surface area contributed by atoms with E-state index in [-0.39, 0.29) is 17.6 Å². The normalized spacial score (nSPS) is 41.2. The SMILES string of the molecule is C=CCCN1C(=O)C[C@@H]2O[C@@H]3CCC[C@@]21C3. The van der Waals surface area contributed by atoms with Gasteiger partial charge in [-0.2, -0.15) is 0 Å². The van der Waals surface area contributed by atoms with Crippen LogP contribution in [-0.2, 0) is 9.53 Å². The summed E-state index contributed by atoms with van der Waals surface area (Å²) in [5.74, 6) is 0.284. The molecule has 3 atom stereocenters. The molecular weight excluding hydrogens is 202 g/mol. The van der Waals surface area contributed by atoms with E-state index in [0.717, 1.165) is 25.8 Å². The number of nitrogens with zero attached hydrogens (tertiary/aromatic N) is 1. The van der Waals surface area contributed by atoms with Crippen LogP contribution in [0.5, 0.6) is 0 Å². The van der Waals surface area contributed by atoms with E-state index in [0.29, 0.717) is 12.5 Å². The van der Waals surface area contributed by atoms with Crippen LogP contribution in [0.2, 0.25) is 0 Å². The summed E-state index contributed by atoms with van der Waals surface area (Å²) in [7, 11) is 0. The third kappa shape index (κ3) is 1.27. The molecule has 2 saturated heterocycles. The quantitative estimate of drug-likeness (QED) is 0.681. The highest BCUT2D eigenvalue weighted by Gasteiger charge is 2.59. The van der Waals surface area contributed by atoms with Gasteiger partial charge in [0.15, 0.2) is 0 Å². The molecule has 0 aromatic rings. The highest BCUT2D eigenvalue weighted by Crippen LogP contribution is 2.50. The molecule has 0 aromatic heterocycles. The Labute approximate surface area is 96.4 Å². The molecular formula is C13H19NO2. The Kier molecular flexibility index (Phi) is 2.32. The second-order valence-corrected chi connectivity index (χ2v) is 5.27. The molecule has 3 heteroatoms. The van der Waals surface area contributed by atoms with Crippen LogP contribution < -0.4 is 0 Å². The fraction of sp³-hybridized carbons (Fsp3) is 0.769. The zero-order valence-electron chi connectivity index (χ0n) is 9.65. The van der Waals surface area contributed by atoms with E-state index in [1.165, 1.54) is 12.8 Å². The standard InChI is InChI=1S/C13H19NO2/c1-2-3-7-14-12(15)8-11-13(14)6-4-5-10(9-13)16-11/h2,10-11H,1,3-9H2/t10-,11+,13-/m1/s1. The Balaban J connectivity index is 1.85. The van der Waals surface area contributed by atoms with E-state index < -0.39 is 0 Å². The summed E-state index contributed by atoms with van der Waals surface area (Å²) < 4.78 is 5.99. The molecule has 1 saturated carbocycles. The molecule has 1 spiro atoms. The summed E-state index contributed by atoms with van der Waals surface area (Å²) in [5.41, 5.74) is 0.0585. The van der Waals surface area contributed by atoms with Crippen LogP contribution in [-0.4, -0.2) is 35.1 Å². The van der Waals surface area contributed by atoms with Crippen molar-refractivity contribution in [2.75, 3.05) is 6.54 Å². The Morgan fingerprint density at radius 3 is 3.31 bits per heavy atom. The molecule has 3 nitrogen and oxygen atoms in total. The summed E-state index contributed by atoms with van der Waals surface area (Å²) >= 11 is 0. The van der Waals surface area contributed by atoms with Gasteiger partial charge in [-0.25, -0.2) is 0 Å². The van der Waals surface area contributed by atoms with Crippen molar-refractivity contribution in [3.05, 3.63) is 12.7 Å². The minimum atomic E-state index is 0.0585. The first kappa shape index (κ1) is 10.3. The van der Waals surface area contributed by atoms with Gasteiger partial charge in [-0.3, -0.25) is 4.79 Å². The Morgan fingerprint density at radius 2 is 2.50 bits per heavy atom. The molecule has 2 aliphatic heterocycles. The molecule has 1 aliphatic carbocycles. The van der Waals surface area contributed by atoms with Crippen molar-refractivity contribution in [1.29, 1.82) is 0 Å². The first-order valence-corrected chi connectivity index (χ1v) is 6.33. The first-order chi connectivity index (χ1) is 7.76. The maximum absolute atomic E-state index is 12.0. The van der Waals surface area contributed by atoms with Gasteiger partial charge in [0.05, 0.1) is 24.2 Å². The van der Waals surface area contributed by atoms with Gasteiger partial charge in [-0.05, 0) is 32.1 Å². The summed E-state index contributed by atoms with van der Waals surface area (Å²) in [6.07, 6.45) is 8.58. The van der Waals surface area contributed by atoms with Gasteiger partial charge in [-0.1, -0.05) is 6.08 Å². The van der Waals surface area contributed by atoms with Crippen molar-refractivity contribution in [3.63, 3.8) is 0 Å². The van der Waals surface area contributed by atoms with Crippen molar-refractivity contribution in [1.82, 2.24) is 4.90 Å². The largest absolute Gasteiger partial charge is 0.372 e. The van der Waals surface area contributed by atoms with Crippen molar-refractivity contribution >= 4 is 5.91 Å². The average Bonchev–Trinajstić information content (AvgIpc) is 2.63. The Morgan fingerprint density at radius 1 is 1.62 bits per heavy atom. The van der Waals surface area contributed by atoms with E-state index in [1.54, 1.807) is 0 Å². The number of fused-ring (bicyclic) bond motifs is 1. The fourth-order valence-corrected chi connectivity index (χ4v) is 3.74. The predicted octanol–water partition coefficient (Wildman–Crippen LogP) is 1.88. The second kappa shape index (κ2) is 3.59. The van der Waals surface area contributed by atoms with Crippen LogP contribution in [0.3, 0.4) is 0 Å². The van der Waals surface area contributed by atoms with E-state index >= 15 is 0 Å². The van der Waals surface area contributed by atoms with Crippen molar-refractivity contribution in [3.8, 4) is 0 Å². The lowest BCUT2D eigenvalue weighted by Crippen LogP contribution is -2.50. The first-order valence-electron chi connectivity index (χ1n) is 6.33. The van der Waals surface area contributed by atoms with Crippen LogP contribution in [0.4, 0.5) is 0 Å². The molecule has 2 bridgehead atoms. The third-order valence-corrected chi connectivity index (χ3v) is 4.43. The van der Waals surface area contributed by atoms with Gasteiger partial charge in [0.2, 0.25) is 5.91 Å². The molecule has 0 aromatic carbocycles. The lowest BCUT2D eigenvalue weighted by atomic mass is 9.80. The Bertz CT molecular complexity index is 328. The number of carbonyl (C=O) groups is 1. The number of amides is 1. The molecule has 2 heterocycles. The molecule has 3 fully saturated rings. The zero-order chi connectivity index (χ0) is 11.2. The maximum atomic E-state index is 12.0. The molecule has 3 aliphatic rings. The number of rotatable bonds is 3. The van der Waals surface area contributed by atoms with Crippen molar-refractivity contribution < 1.29 is 9.53 Å². The minimum Gasteiger partial charge on any atom is -0.372 e. The van der Waals surface area contributed by atoms with Crippen molar-refractivity contribution in [2.45, 2.75) is 56.3 Å². The Hall–Kier alpha value is -0.830. The molecule has 1 amide bonds. The van der Waals surface area contributed by atoms with Crippen LogP contribution >= 0.6 is 0 Å². The highest BCUT2D eigenvalue weighted by molar-refractivity contribution is 5.81. The fourth-order valence-electron chi connectivity index (χ4n) is 3.74. The maximum Gasteiger partial charge on any atom is 0.225 e. The van der Waals surface area contributed by atoms with E-state index in [1.807, 2.05) is 6.08 Å². The summed E-state index contributed by atoms with van der Waals surface area (Å²) in [5, 5.41) is 0. The predicted molar refractivity (Wildman–Crippen MR) is 61.0 cm³/mol. The molecule has 16 heavy (non-hydrogen) atoms. The second-order valence-electron chi connectivity index (χ2n) is 5.27. The van der Waals surface area contributed by atoms with Gasteiger partial charge in [0.1, 0.15) is 0 Å². The van der Waals surface area contributed by atoms with Crippen LogP contribution in [0.1, 0.15) is 38.5 Å². The number of ether oxygens (including phenoxy) is 1. The summed E-state index contributed by atoms with van der Waals surface area (Å²) in [6, 6.07) is 0. The molecule has 88 valence electrons. The van der Waals surface area contributed by atoms with Crippen LogP contribution in [0, 0.1) is 0 Å². The molecule has 0 N–H and O–H groups in total. The van der Waals surface area contributed by atoms with Crippen LogP contribution in [0.25, 0.3) is 0 Å². The highest BCUT2D eigenvalue weighted by atomic mass is 16.5. The van der Waals surface area contributed by atoms with Crippen LogP contribution in [0.15, 0.2) is 12.7 Å². The van der Waals surface area contributed by atoms with Gasteiger partial charge in [0.25, 0.3) is 0 Å². The van der Waals surface area contributed by atoms with Gasteiger partial charge >= 0.3 is 0 Å². The minimum absolute atomic E-state index is 0.0585. The topological polar surface area (TPSA) is 29.5 Å². The smallest absolute Gasteiger partial charge is 0.225 e. The van der Waals surface area contributed by atoms with E-state index in [2.05, 4.69) is 11.5 Å². The number of hydrogen-bond acceptors (Lipinski definition) is 2. The van der Waals surface area contributed by atoms with E-state index in [4.69, 9.17) is 4.74 Å². The van der Waals surface area contributed by atoms with Gasteiger partial charge in [-0.15, -0.1) is 6.58 Å². The zero-order valence-corrected chi connectivity index (χ0v) is 9.65. The molecule has 0 radical (unpaired) electrons. The lowest BCUT2D eigenvalue weighted by Gasteiger charge is -2.39. The number of carbonyl (C=O) groups excluding carboxylic acids is 1. The molecule has 0 unspecified atom stereocenters. The molecule has 3 rings (SSSR count). The summed E-state index contributed by atoms with van der Waals surface area (Å²) in [6.45, 7) is 4.57. The summed E-state index contributed by atoms with van der Waals surface area (Å²) in [4.78, 5) is 14.1. The van der Waals surface area contributed by atoms with Gasteiger partial charge in [0, 0.05) is 6.54 Å².